The van der Waals surface area contributed by atoms with E-state index >= 15 is 0 Å². The van der Waals surface area contributed by atoms with E-state index in [1.165, 1.54) is 6.08 Å². The van der Waals surface area contributed by atoms with Crippen LogP contribution in [0.15, 0.2) is 48.5 Å². The Labute approximate surface area is 162 Å². The maximum atomic E-state index is 12.1. The van der Waals surface area contributed by atoms with Crippen molar-refractivity contribution in [2.45, 2.75) is 18.9 Å². The van der Waals surface area contributed by atoms with Gasteiger partial charge in [-0.15, -0.1) is 0 Å². The lowest BCUT2D eigenvalue weighted by atomic mass is 10.2. The van der Waals surface area contributed by atoms with Crippen molar-refractivity contribution < 1.29 is 23.8 Å². The molecule has 0 bridgehead atoms. The highest BCUT2D eigenvalue weighted by atomic mass is 16.7. The van der Waals surface area contributed by atoms with Crippen LogP contribution in [-0.2, 0) is 14.3 Å². The van der Waals surface area contributed by atoms with E-state index in [1.54, 1.807) is 30.3 Å². The number of rotatable bonds is 5. The zero-order valence-electron chi connectivity index (χ0n) is 15.1. The van der Waals surface area contributed by atoms with Crippen LogP contribution in [0.5, 0.6) is 11.5 Å². The van der Waals surface area contributed by atoms with E-state index in [4.69, 9.17) is 14.2 Å². The molecule has 0 radical (unpaired) electrons. The maximum absolute atomic E-state index is 12.1. The number of anilines is 2. The summed E-state index contributed by atoms with van der Waals surface area (Å²) in [7, 11) is 0. The first-order valence-electron chi connectivity index (χ1n) is 9.09. The molecule has 0 aromatic heterocycles. The van der Waals surface area contributed by atoms with Crippen LogP contribution in [0.4, 0.5) is 11.4 Å². The number of fused-ring (bicyclic) bond motifs is 1. The third-order valence-corrected chi connectivity index (χ3v) is 4.47. The molecule has 2 N–H and O–H groups in total. The highest BCUT2D eigenvalue weighted by Crippen LogP contribution is 2.32. The molecule has 2 heterocycles. The van der Waals surface area contributed by atoms with Crippen LogP contribution < -0.4 is 20.1 Å². The topological polar surface area (TPSA) is 85.9 Å². The molecule has 2 aromatic carbocycles. The van der Waals surface area contributed by atoms with E-state index in [9.17, 15) is 9.59 Å². The van der Waals surface area contributed by atoms with E-state index in [0.717, 1.165) is 18.4 Å². The molecule has 1 fully saturated rings. The van der Waals surface area contributed by atoms with Gasteiger partial charge in [0.2, 0.25) is 12.7 Å². The molecular formula is C21H20N2O5. The predicted molar refractivity (Wildman–Crippen MR) is 104 cm³/mol. The van der Waals surface area contributed by atoms with E-state index in [0.29, 0.717) is 29.5 Å². The smallest absolute Gasteiger partial charge is 0.253 e. The minimum absolute atomic E-state index is 0.138. The molecule has 1 unspecified atom stereocenters. The Morgan fingerprint density at radius 3 is 2.46 bits per heavy atom. The number of carbonyl (C=O) groups is 2. The molecule has 7 heteroatoms. The number of carbonyl (C=O) groups excluding carboxylic acids is 2. The van der Waals surface area contributed by atoms with Crippen molar-refractivity contribution in [3.05, 3.63) is 54.1 Å². The first kappa shape index (κ1) is 18.1. The highest BCUT2D eigenvalue weighted by Gasteiger charge is 2.23. The van der Waals surface area contributed by atoms with Gasteiger partial charge in [-0.3, -0.25) is 9.59 Å². The van der Waals surface area contributed by atoms with Crippen molar-refractivity contribution in [1.82, 2.24) is 0 Å². The van der Waals surface area contributed by atoms with Gasteiger partial charge in [0.15, 0.2) is 11.5 Å². The molecule has 1 atom stereocenters. The Balaban J connectivity index is 1.31. The summed E-state index contributed by atoms with van der Waals surface area (Å²) in [6.07, 6.45) is 4.43. The fourth-order valence-electron chi connectivity index (χ4n) is 3.02. The SMILES string of the molecule is O=C(C=Cc1ccc2c(c1)OCO2)Nc1ccc(NC(=O)C2CCCO2)cc1. The Bertz CT molecular complexity index is 902. The zero-order valence-corrected chi connectivity index (χ0v) is 15.1. The van der Waals surface area contributed by atoms with Gasteiger partial charge in [-0.25, -0.2) is 0 Å². The van der Waals surface area contributed by atoms with Gasteiger partial charge in [-0.2, -0.15) is 0 Å². The third kappa shape index (κ3) is 4.32. The van der Waals surface area contributed by atoms with E-state index in [1.807, 2.05) is 18.2 Å². The van der Waals surface area contributed by atoms with Gasteiger partial charge in [0.05, 0.1) is 0 Å². The average molecular weight is 380 g/mol. The van der Waals surface area contributed by atoms with Gasteiger partial charge in [0.1, 0.15) is 6.10 Å². The average Bonchev–Trinajstić information content (AvgIpc) is 3.39. The minimum Gasteiger partial charge on any atom is -0.454 e. The molecule has 144 valence electrons. The second-order valence-corrected chi connectivity index (χ2v) is 6.50. The van der Waals surface area contributed by atoms with Crippen LogP contribution >= 0.6 is 0 Å². The van der Waals surface area contributed by atoms with E-state index in [-0.39, 0.29) is 24.7 Å². The number of amides is 2. The molecule has 0 saturated carbocycles. The summed E-state index contributed by atoms with van der Waals surface area (Å²) in [4.78, 5) is 24.2. The molecule has 2 aliphatic rings. The fourth-order valence-corrected chi connectivity index (χ4v) is 3.02. The molecule has 7 nitrogen and oxygen atoms in total. The van der Waals surface area contributed by atoms with Crippen molar-refractivity contribution in [2.24, 2.45) is 0 Å². The van der Waals surface area contributed by atoms with Crippen LogP contribution in [0.25, 0.3) is 6.08 Å². The molecular weight excluding hydrogens is 360 g/mol. The van der Waals surface area contributed by atoms with Crippen LogP contribution in [-0.4, -0.2) is 31.3 Å². The molecule has 0 spiro atoms. The standard InChI is InChI=1S/C21H20N2O5/c24-20(10-4-14-3-9-17-19(12-14)28-13-27-17)22-15-5-7-16(8-6-15)23-21(25)18-2-1-11-26-18/h3-10,12,18H,1-2,11,13H2,(H,22,24)(H,23,25). The Kier molecular flexibility index (Phi) is 5.25. The van der Waals surface area contributed by atoms with Crippen LogP contribution in [0.1, 0.15) is 18.4 Å². The normalized spacial score (nSPS) is 17.6. The lowest BCUT2D eigenvalue weighted by Crippen LogP contribution is -2.26. The Morgan fingerprint density at radius 1 is 0.964 bits per heavy atom. The van der Waals surface area contributed by atoms with Crippen LogP contribution in [0.3, 0.4) is 0 Å². The number of hydrogen-bond donors (Lipinski definition) is 2. The zero-order chi connectivity index (χ0) is 19.3. The van der Waals surface area contributed by atoms with Gasteiger partial charge >= 0.3 is 0 Å². The molecule has 0 aliphatic carbocycles. The first-order chi connectivity index (χ1) is 13.7. The van der Waals surface area contributed by atoms with Gasteiger partial charge in [0.25, 0.3) is 5.91 Å². The van der Waals surface area contributed by atoms with Crippen molar-refractivity contribution in [3.63, 3.8) is 0 Å². The van der Waals surface area contributed by atoms with Gasteiger partial charge in [-0.05, 0) is 60.9 Å². The molecule has 4 rings (SSSR count). The van der Waals surface area contributed by atoms with Gasteiger partial charge in [-0.1, -0.05) is 6.07 Å². The molecule has 28 heavy (non-hydrogen) atoms. The predicted octanol–water partition coefficient (Wildman–Crippen LogP) is 3.18. The second-order valence-electron chi connectivity index (χ2n) is 6.50. The molecule has 2 aliphatic heterocycles. The second kappa shape index (κ2) is 8.14. The fraction of sp³-hybridized carbons (Fsp3) is 0.238. The van der Waals surface area contributed by atoms with Gasteiger partial charge < -0.3 is 24.8 Å². The van der Waals surface area contributed by atoms with Crippen molar-refractivity contribution in [3.8, 4) is 11.5 Å². The monoisotopic (exact) mass is 380 g/mol. The summed E-state index contributed by atoms with van der Waals surface area (Å²) in [5.41, 5.74) is 2.14. The van der Waals surface area contributed by atoms with E-state index < -0.39 is 0 Å². The van der Waals surface area contributed by atoms with Crippen molar-refractivity contribution in [2.75, 3.05) is 24.0 Å². The van der Waals surface area contributed by atoms with Gasteiger partial charge in [0, 0.05) is 24.1 Å². The van der Waals surface area contributed by atoms with Crippen LogP contribution in [0.2, 0.25) is 0 Å². The first-order valence-corrected chi connectivity index (χ1v) is 9.09. The molecule has 2 amide bonds. The lowest BCUT2D eigenvalue weighted by molar-refractivity contribution is -0.124. The lowest BCUT2D eigenvalue weighted by Gasteiger charge is -2.11. The summed E-state index contributed by atoms with van der Waals surface area (Å²) in [6.45, 7) is 0.843. The summed E-state index contributed by atoms with van der Waals surface area (Å²) in [5, 5.41) is 5.60. The number of nitrogens with one attached hydrogen (secondary N) is 2. The molecule has 2 aromatic rings. The molecule has 1 saturated heterocycles. The van der Waals surface area contributed by atoms with Crippen molar-refractivity contribution in [1.29, 1.82) is 0 Å². The minimum atomic E-state index is -0.374. The van der Waals surface area contributed by atoms with E-state index in [2.05, 4.69) is 10.6 Å². The summed E-state index contributed by atoms with van der Waals surface area (Å²) in [5.74, 6) is 0.978. The summed E-state index contributed by atoms with van der Waals surface area (Å²) < 4.78 is 15.9. The third-order valence-electron chi connectivity index (χ3n) is 4.47. The largest absolute Gasteiger partial charge is 0.454 e. The summed E-state index contributed by atoms with van der Waals surface area (Å²) >= 11 is 0. The Morgan fingerprint density at radius 2 is 1.71 bits per heavy atom. The maximum Gasteiger partial charge on any atom is 0.253 e. The quantitative estimate of drug-likeness (QED) is 0.778. The number of benzene rings is 2. The summed E-state index contributed by atoms with van der Waals surface area (Å²) in [6, 6.07) is 12.4. The van der Waals surface area contributed by atoms with Crippen molar-refractivity contribution >= 4 is 29.3 Å². The number of ether oxygens (including phenoxy) is 3. The van der Waals surface area contributed by atoms with Crippen LogP contribution in [0, 0.1) is 0 Å². The highest BCUT2D eigenvalue weighted by molar-refractivity contribution is 6.02. The number of hydrogen-bond acceptors (Lipinski definition) is 5. The Hall–Kier alpha value is -3.32.